The van der Waals surface area contributed by atoms with Gasteiger partial charge in [-0.2, -0.15) is 0 Å². The first kappa shape index (κ1) is 18.7. The predicted octanol–water partition coefficient (Wildman–Crippen LogP) is 3.27. The van der Waals surface area contributed by atoms with E-state index in [0.717, 1.165) is 0 Å². The van der Waals surface area contributed by atoms with Gasteiger partial charge in [0, 0.05) is 0 Å². The van der Waals surface area contributed by atoms with Gasteiger partial charge in [-0.05, 0) is 53.9 Å². The van der Waals surface area contributed by atoms with Crippen LogP contribution >= 0.6 is 0 Å². The molecule has 1 amide bonds. The van der Waals surface area contributed by atoms with Gasteiger partial charge < -0.3 is 14.8 Å². The molecule has 1 N–H and O–H groups in total. The summed E-state index contributed by atoms with van der Waals surface area (Å²) in [6.07, 6.45) is -0.0947. The van der Waals surface area contributed by atoms with Crippen molar-refractivity contribution >= 4 is 12.1 Å². The largest absolute Gasteiger partial charge is 0.458 e. The molecule has 0 aromatic heterocycles. The Hall–Kier alpha value is -1.26. The molecule has 0 aromatic rings. The summed E-state index contributed by atoms with van der Waals surface area (Å²) in [5.41, 5.74) is -1.18. The van der Waals surface area contributed by atoms with E-state index >= 15 is 0 Å². The van der Waals surface area contributed by atoms with Crippen LogP contribution in [-0.2, 0) is 14.3 Å². The van der Waals surface area contributed by atoms with Crippen LogP contribution in [-0.4, -0.2) is 29.3 Å². The van der Waals surface area contributed by atoms with Crippen molar-refractivity contribution in [1.29, 1.82) is 0 Å². The van der Waals surface area contributed by atoms with Gasteiger partial charge in [0.2, 0.25) is 0 Å². The summed E-state index contributed by atoms with van der Waals surface area (Å²) in [4.78, 5) is 23.9. The van der Waals surface area contributed by atoms with Gasteiger partial charge in [0.1, 0.15) is 17.2 Å². The number of carbonyl (C=O) groups excluding carboxylic acids is 2. The van der Waals surface area contributed by atoms with Gasteiger partial charge in [-0.15, -0.1) is 0 Å². The lowest BCUT2D eigenvalue weighted by molar-refractivity contribution is -0.157. The fourth-order valence-corrected chi connectivity index (χ4v) is 1.51. The first-order chi connectivity index (χ1) is 8.80. The summed E-state index contributed by atoms with van der Waals surface area (Å²) in [5, 5.41) is 2.59. The van der Waals surface area contributed by atoms with Crippen molar-refractivity contribution in [1.82, 2.24) is 5.32 Å². The smallest absolute Gasteiger partial charge is 0.408 e. The Bertz CT molecular complexity index is 337. The molecule has 0 aromatic carbocycles. The molecule has 1 unspecified atom stereocenters. The summed E-state index contributed by atoms with van der Waals surface area (Å²) < 4.78 is 10.5. The molecular formula is C15H29NO4. The van der Waals surface area contributed by atoms with Gasteiger partial charge in [0.15, 0.2) is 0 Å². The monoisotopic (exact) mass is 287 g/mol. The van der Waals surface area contributed by atoms with E-state index in [4.69, 9.17) is 9.47 Å². The Kier molecular flexibility index (Phi) is 6.51. The highest BCUT2D eigenvalue weighted by molar-refractivity contribution is 5.81. The van der Waals surface area contributed by atoms with Gasteiger partial charge in [0.25, 0.3) is 0 Å². The summed E-state index contributed by atoms with van der Waals surface area (Å²) in [6.45, 7) is 14.7. The summed E-state index contributed by atoms with van der Waals surface area (Å²) in [5.74, 6) is -0.181. The summed E-state index contributed by atoms with van der Waals surface area (Å²) in [6, 6.07) is -0.691. The Balaban J connectivity index is 4.73. The zero-order chi connectivity index (χ0) is 16.1. The average molecular weight is 287 g/mol. The average Bonchev–Trinajstić information content (AvgIpc) is 2.09. The molecule has 0 heterocycles. The lowest BCUT2D eigenvalue weighted by atomic mass is 10.0. The van der Waals surface area contributed by atoms with E-state index in [9.17, 15) is 9.59 Å². The SMILES string of the molecule is CC(C)CC(NC(=O)OC(C)(C)C)C(=O)OC(C)(C)C. The predicted molar refractivity (Wildman–Crippen MR) is 78.5 cm³/mol. The molecule has 0 radical (unpaired) electrons. The third kappa shape index (κ3) is 9.64. The van der Waals surface area contributed by atoms with E-state index in [1.165, 1.54) is 0 Å². The second-order valence-electron chi connectivity index (χ2n) is 7.36. The number of ether oxygens (including phenoxy) is 2. The normalized spacial score (nSPS) is 13.8. The van der Waals surface area contributed by atoms with Gasteiger partial charge in [-0.1, -0.05) is 13.8 Å². The molecule has 0 fully saturated rings. The van der Waals surface area contributed by atoms with Gasteiger partial charge in [0.05, 0.1) is 0 Å². The number of esters is 1. The maximum atomic E-state index is 12.1. The molecule has 0 aliphatic rings. The number of carbonyl (C=O) groups is 2. The Morgan fingerprint density at radius 2 is 1.40 bits per heavy atom. The molecule has 1 atom stereocenters. The van der Waals surface area contributed by atoms with Crippen LogP contribution < -0.4 is 5.32 Å². The molecule has 0 rings (SSSR count). The van der Waals surface area contributed by atoms with Gasteiger partial charge in [-0.3, -0.25) is 0 Å². The summed E-state index contributed by atoms with van der Waals surface area (Å²) in [7, 11) is 0. The van der Waals surface area contributed by atoms with E-state index in [0.29, 0.717) is 6.42 Å². The molecule has 0 saturated carbocycles. The van der Waals surface area contributed by atoms with Crippen LogP contribution in [0.4, 0.5) is 4.79 Å². The van der Waals surface area contributed by atoms with Crippen LogP contribution in [0.1, 0.15) is 61.8 Å². The van der Waals surface area contributed by atoms with E-state index in [2.05, 4.69) is 5.32 Å². The van der Waals surface area contributed by atoms with Crippen LogP contribution in [0.5, 0.6) is 0 Å². The molecule has 5 heteroatoms. The lowest BCUT2D eigenvalue weighted by Crippen LogP contribution is -2.46. The van der Waals surface area contributed by atoms with Crippen LogP contribution in [0.25, 0.3) is 0 Å². The Labute approximate surface area is 122 Å². The second kappa shape index (κ2) is 6.95. The van der Waals surface area contributed by atoms with Crippen molar-refractivity contribution in [3.05, 3.63) is 0 Å². The molecule has 20 heavy (non-hydrogen) atoms. The second-order valence-corrected chi connectivity index (χ2v) is 7.36. The Morgan fingerprint density at radius 1 is 0.950 bits per heavy atom. The quantitative estimate of drug-likeness (QED) is 0.806. The van der Waals surface area contributed by atoms with E-state index in [-0.39, 0.29) is 5.92 Å². The third-order valence-electron chi connectivity index (χ3n) is 2.09. The third-order valence-corrected chi connectivity index (χ3v) is 2.09. The number of hydrogen-bond donors (Lipinski definition) is 1. The highest BCUT2D eigenvalue weighted by Gasteiger charge is 2.29. The maximum absolute atomic E-state index is 12.1. The zero-order valence-corrected chi connectivity index (χ0v) is 14.0. The fourth-order valence-electron chi connectivity index (χ4n) is 1.51. The first-order valence-corrected chi connectivity index (χ1v) is 7.02. The molecule has 0 aliphatic carbocycles. The van der Waals surface area contributed by atoms with Crippen LogP contribution in [0, 0.1) is 5.92 Å². The topological polar surface area (TPSA) is 64.6 Å². The van der Waals surface area contributed by atoms with Crippen LogP contribution in [0.15, 0.2) is 0 Å². The molecule has 5 nitrogen and oxygen atoms in total. The van der Waals surface area contributed by atoms with Crippen LogP contribution in [0.3, 0.4) is 0 Å². The minimum absolute atomic E-state index is 0.252. The molecule has 0 spiro atoms. The molecule has 118 valence electrons. The number of nitrogens with one attached hydrogen (secondary N) is 1. The van der Waals surface area contributed by atoms with Crippen molar-refractivity contribution in [2.75, 3.05) is 0 Å². The lowest BCUT2D eigenvalue weighted by Gasteiger charge is -2.27. The van der Waals surface area contributed by atoms with Crippen molar-refractivity contribution in [3.63, 3.8) is 0 Å². The maximum Gasteiger partial charge on any atom is 0.408 e. The highest BCUT2D eigenvalue weighted by Crippen LogP contribution is 2.14. The number of hydrogen-bond acceptors (Lipinski definition) is 4. The minimum atomic E-state index is -0.691. The highest BCUT2D eigenvalue weighted by atomic mass is 16.6. The molecular weight excluding hydrogens is 258 g/mol. The Morgan fingerprint density at radius 3 is 1.75 bits per heavy atom. The van der Waals surface area contributed by atoms with Crippen molar-refractivity contribution in [2.24, 2.45) is 5.92 Å². The minimum Gasteiger partial charge on any atom is -0.458 e. The fraction of sp³-hybridized carbons (Fsp3) is 0.867. The van der Waals surface area contributed by atoms with E-state index in [1.54, 1.807) is 41.5 Å². The van der Waals surface area contributed by atoms with Crippen LogP contribution in [0.2, 0.25) is 0 Å². The molecule has 0 aliphatic heterocycles. The summed E-state index contributed by atoms with van der Waals surface area (Å²) >= 11 is 0. The zero-order valence-electron chi connectivity index (χ0n) is 14.0. The number of rotatable bonds is 4. The molecule has 0 saturated heterocycles. The number of alkyl carbamates (subject to hydrolysis) is 1. The first-order valence-electron chi connectivity index (χ1n) is 7.02. The van der Waals surface area contributed by atoms with E-state index in [1.807, 2.05) is 13.8 Å². The standard InChI is InChI=1S/C15H29NO4/c1-10(2)9-11(12(17)19-14(3,4)5)16-13(18)20-15(6,7)8/h10-11H,9H2,1-8H3,(H,16,18). The van der Waals surface area contributed by atoms with Crippen molar-refractivity contribution < 1.29 is 19.1 Å². The van der Waals surface area contributed by atoms with Gasteiger partial charge >= 0.3 is 12.1 Å². The molecule has 0 bridgehead atoms. The van der Waals surface area contributed by atoms with Crippen molar-refractivity contribution in [2.45, 2.75) is 79.1 Å². The van der Waals surface area contributed by atoms with Gasteiger partial charge in [-0.25, -0.2) is 9.59 Å². The number of amides is 1. The van der Waals surface area contributed by atoms with Crippen molar-refractivity contribution in [3.8, 4) is 0 Å². The van der Waals surface area contributed by atoms with E-state index < -0.39 is 29.3 Å².